The van der Waals surface area contributed by atoms with Crippen LogP contribution in [0.5, 0.6) is 0 Å². The predicted octanol–water partition coefficient (Wildman–Crippen LogP) is 9.42. The molecule has 2 heterocycles. The van der Waals surface area contributed by atoms with Gasteiger partial charge in [0.05, 0.1) is 39.0 Å². The molecule has 40 heavy (non-hydrogen) atoms. The molecule has 0 saturated carbocycles. The van der Waals surface area contributed by atoms with E-state index in [1.807, 2.05) is 6.07 Å². The fraction of sp³-hybridized carbons (Fsp3) is 0. The van der Waals surface area contributed by atoms with E-state index < -0.39 is 0 Å². The molecule has 8 rings (SSSR count). The molecular formula is C37H23N3. The first-order chi connectivity index (χ1) is 19.8. The van der Waals surface area contributed by atoms with E-state index in [1.165, 1.54) is 32.6 Å². The Hall–Kier alpha value is -5.59. The molecule has 0 bridgehead atoms. The van der Waals surface area contributed by atoms with Crippen LogP contribution in [0.1, 0.15) is 5.56 Å². The van der Waals surface area contributed by atoms with E-state index in [0.717, 1.165) is 33.5 Å². The van der Waals surface area contributed by atoms with Crippen LogP contribution in [0, 0.1) is 11.3 Å². The molecule has 0 amide bonds. The van der Waals surface area contributed by atoms with Crippen LogP contribution < -0.4 is 0 Å². The third-order valence-corrected chi connectivity index (χ3v) is 7.98. The van der Waals surface area contributed by atoms with Gasteiger partial charge in [-0.2, -0.15) is 5.26 Å². The third-order valence-electron chi connectivity index (χ3n) is 7.98. The molecule has 0 saturated heterocycles. The Balaban J connectivity index is 1.43. The summed E-state index contributed by atoms with van der Waals surface area (Å²) in [6.45, 7) is 0. The zero-order valence-corrected chi connectivity index (χ0v) is 21.6. The van der Waals surface area contributed by atoms with E-state index in [1.54, 1.807) is 0 Å². The second-order valence-electron chi connectivity index (χ2n) is 10.1. The molecule has 0 spiro atoms. The quantitative estimate of drug-likeness (QED) is 0.233. The first-order valence-corrected chi connectivity index (χ1v) is 13.4. The molecule has 0 radical (unpaired) electrons. The van der Waals surface area contributed by atoms with Crippen LogP contribution in [0.3, 0.4) is 0 Å². The number of nitriles is 1. The van der Waals surface area contributed by atoms with Crippen LogP contribution in [-0.2, 0) is 0 Å². The fourth-order valence-corrected chi connectivity index (χ4v) is 6.26. The summed E-state index contributed by atoms with van der Waals surface area (Å²) < 4.78 is 4.59. The Kier molecular flexibility index (Phi) is 4.89. The van der Waals surface area contributed by atoms with Gasteiger partial charge in [0.1, 0.15) is 6.07 Å². The van der Waals surface area contributed by atoms with Crippen molar-refractivity contribution in [1.82, 2.24) is 9.13 Å². The van der Waals surface area contributed by atoms with E-state index in [0.29, 0.717) is 5.56 Å². The standard InChI is InChI=1S/C37H23N3/c38-24-26-22-21-25(23-37(26)40-35-19-9-4-14-30(35)31-15-5-10-20-36(31)40)27-11-1-6-16-32(27)39-33-17-7-2-12-28(33)29-13-3-8-18-34(29)39/h1-23H. The zero-order valence-electron chi connectivity index (χ0n) is 21.6. The van der Waals surface area contributed by atoms with Crippen LogP contribution >= 0.6 is 0 Å². The average Bonchev–Trinajstić information content (AvgIpc) is 3.54. The summed E-state index contributed by atoms with van der Waals surface area (Å²) in [7, 11) is 0. The third kappa shape index (κ3) is 3.17. The average molecular weight is 510 g/mol. The molecule has 8 aromatic rings. The zero-order chi connectivity index (χ0) is 26.6. The van der Waals surface area contributed by atoms with Gasteiger partial charge < -0.3 is 9.13 Å². The van der Waals surface area contributed by atoms with Crippen LogP contribution in [0.4, 0.5) is 0 Å². The van der Waals surface area contributed by atoms with Crippen molar-refractivity contribution in [3.63, 3.8) is 0 Å². The van der Waals surface area contributed by atoms with Gasteiger partial charge in [-0.15, -0.1) is 0 Å². The molecule has 3 heteroatoms. The second kappa shape index (κ2) is 8.73. The summed E-state index contributed by atoms with van der Waals surface area (Å²) in [5.41, 5.74) is 9.34. The van der Waals surface area contributed by atoms with Gasteiger partial charge in [-0.25, -0.2) is 0 Å². The minimum atomic E-state index is 0.643. The number of rotatable bonds is 3. The molecular weight excluding hydrogens is 486 g/mol. The normalized spacial score (nSPS) is 11.5. The topological polar surface area (TPSA) is 33.6 Å². The highest BCUT2D eigenvalue weighted by Crippen LogP contribution is 2.38. The van der Waals surface area contributed by atoms with Crippen molar-refractivity contribution < 1.29 is 0 Å². The van der Waals surface area contributed by atoms with E-state index in [-0.39, 0.29) is 0 Å². The van der Waals surface area contributed by atoms with Crippen LogP contribution in [0.2, 0.25) is 0 Å². The van der Waals surface area contributed by atoms with Crippen molar-refractivity contribution in [1.29, 1.82) is 5.26 Å². The number of nitrogens with zero attached hydrogens (tertiary/aromatic N) is 3. The SMILES string of the molecule is N#Cc1ccc(-c2ccccc2-n2c3ccccc3c3ccccc32)cc1-n1c2ccccc2c2ccccc21. The van der Waals surface area contributed by atoms with Gasteiger partial charge in [0.25, 0.3) is 0 Å². The number of hydrogen-bond acceptors (Lipinski definition) is 1. The summed E-state index contributed by atoms with van der Waals surface area (Å²) in [5.74, 6) is 0. The van der Waals surface area contributed by atoms with Crippen LogP contribution in [0.15, 0.2) is 140 Å². The number of aromatic nitrogens is 2. The Morgan fingerprint density at radius 1 is 0.425 bits per heavy atom. The molecule has 3 nitrogen and oxygen atoms in total. The van der Waals surface area contributed by atoms with E-state index in [2.05, 4.69) is 149 Å². The smallest absolute Gasteiger partial charge is 0.101 e. The largest absolute Gasteiger partial charge is 0.309 e. The maximum absolute atomic E-state index is 10.2. The lowest BCUT2D eigenvalue weighted by Crippen LogP contribution is -2.00. The van der Waals surface area contributed by atoms with Gasteiger partial charge in [0, 0.05) is 27.1 Å². The molecule has 0 aliphatic rings. The van der Waals surface area contributed by atoms with Crippen molar-refractivity contribution in [2.75, 3.05) is 0 Å². The maximum Gasteiger partial charge on any atom is 0.101 e. The van der Waals surface area contributed by atoms with Gasteiger partial charge in [-0.1, -0.05) is 97.1 Å². The summed E-state index contributed by atoms with van der Waals surface area (Å²) in [6, 6.07) is 51.2. The van der Waals surface area contributed by atoms with Crippen molar-refractivity contribution >= 4 is 43.6 Å². The van der Waals surface area contributed by atoms with Crippen molar-refractivity contribution in [3.8, 4) is 28.6 Å². The van der Waals surface area contributed by atoms with Crippen LogP contribution in [-0.4, -0.2) is 9.13 Å². The first kappa shape index (κ1) is 22.4. The molecule has 6 aromatic carbocycles. The minimum Gasteiger partial charge on any atom is -0.309 e. The number of fused-ring (bicyclic) bond motifs is 6. The van der Waals surface area contributed by atoms with Gasteiger partial charge in [0.15, 0.2) is 0 Å². The van der Waals surface area contributed by atoms with Crippen molar-refractivity contribution in [3.05, 3.63) is 145 Å². The Morgan fingerprint density at radius 2 is 0.850 bits per heavy atom. The summed E-state index contributed by atoms with van der Waals surface area (Å²) in [6.07, 6.45) is 0. The summed E-state index contributed by atoms with van der Waals surface area (Å²) in [4.78, 5) is 0. The molecule has 186 valence electrons. The summed E-state index contributed by atoms with van der Waals surface area (Å²) in [5, 5.41) is 15.0. The van der Waals surface area contributed by atoms with Crippen molar-refractivity contribution in [2.45, 2.75) is 0 Å². The fourth-order valence-electron chi connectivity index (χ4n) is 6.26. The Bertz CT molecular complexity index is 2180. The second-order valence-corrected chi connectivity index (χ2v) is 10.1. The number of hydrogen-bond donors (Lipinski definition) is 0. The lowest BCUT2D eigenvalue weighted by atomic mass is 10.00. The van der Waals surface area contributed by atoms with Gasteiger partial charge in [-0.3, -0.25) is 0 Å². The highest BCUT2D eigenvalue weighted by Gasteiger charge is 2.18. The van der Waals surface area contributed by atoms with Crippen molar-refractivity contribution in [2.24, 2.45) is 0 Å². The lowest BCUT2D eigenvalue weighted by Gasteiger charge is -2.16. The maximum atomic E-state index is 10.2. The van der Waals surface area contributed by atoms with E-state index in [4.69, 9.17) is 0 Å². The number of para-hydroxylation sites is 5. The van der Waals surface area contributed by atoms with Gasteiger partial charge >= 0.3 is 0 Å². The van der Waals surface area contributed by atoms with Crippen LogP contribution in [0.25, 0.3) is 66.1 Å². The molecule has 0 unspecified atom stereocenters. The molecule has 0 aliphatic heterocycles. The summed E-state index contributed by atoms with van der Waals surface area (Å²) >= 11 is 0. The molecule has 2 aromatic heterocycles. The molecule has 0 aliphatic carbocycles. The Morgan fingerprint density at radius 3 is 1.35 bits per heavy atom. The van der Waals surface area contributed by atoms with Gasteiger partial charge in [-0.05, 0) is 48.0 Å². The minimum absolute atomic E-state index is 0.643. The molecule has 0 atom stereocenters. The lowest BCUT2D eigenvalue weighted by molar-refractivity contribution is 1.16. The van der Waals surface area contributed by atoms with E-state index in [9.17, 15) is 5.26 Å². The monoisotopic (exact) mass is 509 g/mol. The highest BCUT2D eigenvalue weighted by atomic mass is 15.0. The van der Waals surface area contributed by atoms with Gasteiger partial charge in [0.2, 0.25) is 0 Å². The molecule has 0 fully saturated rings. The predicted molar refractivity (Wildman–Crippen MR) is 165 cm³/mol. The first-order valence-electron chi connectivity index (χ1n) is 13.4. The highest BCUT2D eigenvalue weighted by molar-refractivity contribution is 6.10. The number of benzene rings is 6. The Labute approximate surface area is 231 Å². The van der Waals surface area contributed by atoms with E-state index >= 15 is 0 Å². The molecule has 0 N–H and O–H groups in total.